The average Bonchev–Trinajstić information content (AvgIpc) is 2.48. The number of rotatable bonds is 8. The number of halogens is 1. The Labute approximate surface area is 146 Å². The Bertz CT molecular complexity index is 571. The molecule has 0 aromatic heterocycles. The molecule has 0 saturated heterocycles. The van der Waals surface area contributed by atoms with Crippen LogP contribution in [0.3, 0.4) is 0 Å². The quantitative estimate of drug-likeness (QED) is 0.572. The minimum absolute atomic E-state index is 0.371. The maximum absolute atomic E-state index is 11.9. The molecule has 23 heavy (non-hydrogen) atoms. The first-order chi connectivity index (χ1) is 10.9. The molecule has 0 radical (unpaired) electrons. The van der Waals surface area contributed by atoms with Crippen molar-refractivity contribution in [1.82, 2.24) is 5.32 Å². The second-order valence-corrected chi connectivity index (χ2v) is 6.41. The third kappa shape index (κ3) is 7.89. The number of nitrogens with two attached hydrogens (primary N) is 1. The summed E-state index contributed by atoms with van der Waals surface area (Å²) in [5, 5.41) is 4.91. The lowest BCUT2D eigenvalue weighted by molar-refractivity contribution is -0.149. The van der Waals surface area contributed by atoms with Crippen LogP contribution < -0.4 is 16.4 Å². The molecule has 1 rings (SSSR count). The molecule has 0 saturated carbocycles. The van der Waals surface area contributed by atoms with Gasteiger partial charge in [-0.25, -0.2) is 9.59 Å². The van der Waals surface area contributed by atoms with Crippen molar-refractivity contribution >= 4 is 51.3 Å². The molecule has 1 aromatic rings. The molecule has 0 spiro atoms. The van der Waals surface area contributed by atoms with Gasteiger partial charge in [-0.2, -0.15) is 11.8 Å². The van der Waals surface area contributed by atoms with Gasteiger partial charge in [-0.3, -0.25) is 4.79 Å². The molecular formula is C14H18BrN3O4S. The number of esters is 1. The summed E-state index contributed by atoms with van der Waals surface area (Å²) < 4.78 is 5.74. The monoisotopic (exact) mass is 403 g/mol. The van der Waals surface area contributed by atoms with Crippen molar-refractivity contribution in [2.45, 2.75) is 12.5 Å². The number of benzene rings is 1. The number of ether oxygens (including phenoxy) is 1. The number of nitrogens with one attached hydrogen (secondary N) is 2. The average molecular weight is 404 g/mol. The number of amides is 3. The number of urea groups is 1. The smallest absolute Gasteiger partial charge is 0.329 e. The molecule has 1 aromatic carbocycles. The van der Waals surface area contributed by atoms with Crippen LogP contribution in [0, 0.1) is 0 Å². The molecular weight excluding hydrogens is 386 g/mol. The Balaban J connectivity index is 2.48. The Morgan fingerprint density at radius 1 is 1.39 bits per heavy atom. The Hall–Kier alpha value is -1.74. The Kier molecular flexibility index (Phi) is 8.49. The second-order valence-electron chi connectivity index (χ2n) is 4.51. The van der Waals surface area contributed by atoms with Gasteiger partial charge in [0.15, 0.2) is 6.61 Å². The highest BCUT2D eigenvalue weighted by atomic mass is 79.9. The number of carbonyl (C=O) groups is 3. The molecule has 1 atom stereocenters. The van der Waals surface area contributed by atoms with Crippen LogP contribution in [0.15, 0.2) is 28.7 Å². The summed E-state index contributed by atoms with van der Waals surface area (Å²) in [5.41, 5.74) is 5.61. The minimum Gasteiger partial charge on any atom is -0.454 e. The van der Waals surface area contributed by atoms with Gasteiger partial charge in [0.2, 0.25) is 0 Å². The SMILES string of the molecule is CSCC[C@H](NC(N)=O)C(=O)OCC(=O)Nc1cccc(Br)c1. The molecule has 126 valence electrons. The first-order valence-corrected chi connectivity index (χ1v) is 8.88. The van der Waals surface area contributed by atoms with Crippen molar-refractivity contribution < 1.29 is 19.1 Å². The highest BCUT2D eigenvalue weighted by molar-refractivity contribution is 9.10. The van der Waals surface area contributed by atoms with E-state index in [0.717, 1.165) is 4.47 Å². The maximum Gasteiger partial charge on any atom is 0.329 e. The van der Waals surface area contributed by atoms with E-state index in [2.05, 4.69) is 26.6 Å². The van der Waals surface area contributed by atoms with Crippen LogP contribution in [-0.4, -0.2) is 42.6 Å². The Morgan fingerprint density at radius 3 is 2.74 bits per heavy atom. The zero-order valence-electron chi connectivity index (χ0n) is 12.5. The summed E-state index contributed by atoms with van der Waals surface area (Å²) in [6.45, 7) is -0.443. The third-order valence-corrected chi connectivity index (χ3v) is 3.80. The first kappa shape index (κ1) is 19.3. The molecule has 0 aliphatic carbocycles. The van der Waals surface area contributed by atoms with Gasteiger partial charge in [-0.1, -0.05) is 22.0 Å². The molecule has 0 aliphatic rings. The molecule has 0 fully saturated rings. The van der Waals surface area contributed by atoms with Crippen LogP contribution in [0.4, 0.5) is 10.5 Å². The lowest BCUT2D eigenvalue weighted by atomic mass is 10.2. The van der Waals surface area contributed by atoms with Gasteiger partial charge < -0.3 is 21.1 Å². The number of primary amides is 1. The summed E-state index contributed by atoms with van der Waals surface area (Å²) in [4.78, 5) is 34.6. The Morgan fingerprint density at radius 2 is 2.13 bits per heavy atom. The fraction of sp³-hybridized carbons (Fsp3) is 0.357. The van der Waals surface area contributed by atoms with Crippen LogP contribution >= 0.6 is 27.7 Å². The molecule has 3 amide bonds. The molecule has 0 aliphatic heterocycles. The van der Waals surface area contributed by atoms with E-state index in [1.807, 2.05) is 12.3 Å². The second kappa shape index (κ2) is 10.1. The van der Waals surface area contributed by atoms with E-state index >= 15 is 0 Å². The van der Waals surface area contributed by atoms with Crippen LogP contribution in [-0.2, 0) is 14.3 Å². The fourth-order valence-electron chi connectivity index (χ4n) is 1.66. The van der Waals surface area contributed by atoms with Gasteiger partial charge in [-0.15, -0.1) is 0 Å². The molecule has 0 unspecified atom stereocenters. The predicted octanol–water partition coefficient (Wildman–Crippen LogP) is 1.72. The highest BCUT2D eigenvalue weighted by Gasteiger charge is 2.21. The normalized spacial score (nSPS) is 11.4. The van der Waals surface area contributed by atoms with Crippen LogP contribution in [0.2, 0.25) is 0 Å². The summed E-state index contributed by atoms with van der Waals surface area (Å²) in [5.74, 6) is -0.522. The van der Waals surface area contributed by atoms with Crippen molar-refractivity contribution in [3.63, 3.8) is 0 Å². The largest absolute Gasteiger partial charge is 0.454 e. The van der Waals surface area contributed by atoms with Gasteiger partial charge in [0, 0.05) is 10.2 Å². The maximum atomic E-state index is 11.9. The van der Waals surface area contributed by atoms with E-state index in [-0.39, 0.29) is 0 Å². The van der Waals surface area contributed by atoms with E-state index in [9.17, 15) is 14.4 Å². The number of hydrogen-bond donors (Lipinski definition) is 3. The van der Waals surface area contributed by atoms with Gasteiger partial charge >= 0.3 is 12.0 Å². The number of carbonyl (C=O) groups excluding carboxylic acids is 3. The molecule has 9 heteroatoms. The van der Waals surface area contributed by atoms with Crippen molar-refractivity contribution in [2.24, 2.45) is 5.73 Å². The van der Waals surface area contributed by atoms with E-state index in [0.29, 0.717) is 17.9 Å². The predicted molar refractivity (Wildman–Crippen MR) is 93.2 cm³/mol. The van der Waals surface area contributed by atoms with Crippen molar-refractivity contribution in [2.75, 3.05) is 23.9 Å². The van der Waals surface area contributed by atoms with E-state index < -0.39 is 30.6 Å². The highest BCUT2D eigenvalue weighted by Crippen LogP contribution is 2.15. The zero-order chi connectivity index (χ0) is 17.2. The van der Waals surface area contributed by atoms with Gasteiger partial charge in [0.25, 0.3) is 5.91 Å². The standard InChI is InChI=1S/C14H18BrN3O4S/c1-23-6-5-11(18-14(16)21)13(20)22-8-12(19)17-10-4-2-3-9(15)7-10/h2-4,7,11H,5-6,8H2,1H3,(H,17,19)(H3,16,18,21)/t11-/m0/s1. The van der Waals surface area contributed by atoms with Crippen molar-refractivity contribution in [3.8, 4) is 0 Å². The minimum atomic E-state index is -0.862. The van der Waals surface area contributed by atoms with Gasteiger partial charge in [-0.05, 0) is 36.6 Å². The van der Waals surface area contributed by atoms with Gasteiger partial charge in [0.1, 0.15) is 6.04 Å². The van der Waals surface area contributed by atoms with Crippen molar-refractivity contribution in [1.29, 1.82) is 0 Å². The molecule has 7 nitrogen and oxygen atoms in total. The topological polar surface area (TPSA) is 111 Å². The van der Waals surface area contributed by atoms with Crippen LogP contribution in [0.5, 0.6) is 0 Å². The third-order valence-electron chi connectivity index (χ3n) is 2.67. The molecule has 0 heterocycles. The van der Waals surface area contributed by atoms with Crippen molar-refractivity contribution in [3.05, 3.63) is 28.7 Å². The van der Waals surface area contributed by atoms with E-state index in [1.54, 1.807) is 18.2 Å². The zero-order valence-corrected chi connectivity index (χ0v) is 14.9. The fourth-order valence-corrected chi connectivity index (χ4v) is 2.53. The lowest BCUT2D eigenvalue weighted by Crippen LogP contribution is -2.45. The van der Waals surface area contributed by atoms with E-state index in [4.69, 9.17) is 10.5 Å². The molecule has 0 bridgehead atoms. The summed E-state index contributed by atoms with van der Waals surface area (Å²) in [6, 6.07) is 5.34. The number of thioether (sulfide) groups is 1. The summed E-state index contributed by atoms with van der Waals surface area (Å²) in [6.07, 6.45) is 2.24. The van der Waals surface area contributed by atoms with Crippen LogP contribution in [0.1, 0.15) is 6.42 Å². The number of hydrogen-bond acceptors (Lipinski definition) is 5. The van der Waals surface area contributed by atoms with Gasteiger partial charge in [0.05, 0.1) is 0 Å². The molecule has 4 N–H and O–H groups in total. The summed E-state index contributed by atoms with van der Waals surface area (Å²) >= 11 is 4.81. The number of anilines is 1. The van der Waals surface area contributed by atoms with Crippen LogP contribution in [0.25, 0.3) is 0 Å². The summed E-state index contributed by atoms with van der Waals surface area (Å²) in [7, 11) is 0. The van der Waals surface area contributed by atoms with E-state index in [1.165, 1.54) is 11.8 Å². The lowest BCUT2D eigenvalue weighted by Gasteiger charge is -2.15. The first-order valence-electron chi connectivity index (χ1n) is 6.69.